The molecule has 5 heteroatoms. The zero-order valence-corrected chi connectivity index (χ0v) is 13.1. The Balaban J connectivity index is 2.19. The molecule has 0 aromatic heterocycles. The zero-order chi connectivity index (χ0) is 15.5. The monoisotopic (exact) mass is 311 g/mol. The van der Waals surface area contributed by atoms with Gasteiger partial charge in [0.15, 0.2) is 0 Å². The number of carbonyl (C=O) groups excluding carboxylic acids is 1. The van der Waals surface area contributed by atoms with Crippen LogP contribution in [-0.4, -0.2) is 40.7 Å². The van der Waals surface area contributed by atoms with E-state index in [1.54, 1.807) is 17.0 Å². The van der Waals surface area contributed by atoms with Gasteiger partial charge in [-0.1, -0.05) is 24.9 Å². The summed E-state index contributed by atoms with van der Waals surface area (Å²) in [5.74, 6) is -0.291. The maximum atomic E-state index is 12.6. The van der Waals surface area contributed by atoms with Crippen LogP contribution in [0, 0.1) is 5.41 Å². The second kappa shape index (κ2) is 6.67. The van der Waals surface area contributed by atoms with E-state index in [1.807, 2.05) is 0 Å². The van der Waals surface area contributed by atoms with Crippen molar-refractivity contribution in [3.63, 3.8) is 0 Å². The molecule has 21 heavy (non-hydrogen) atoms. The van der Waals surface area contributed by atoms with Crippen molar-refractivity contribution in [3.05, 3.63) is 28.8 Å². The summed E-state index contributed by atoms with van der Waals surface area (Å²) in [6, 6.07) is 4.53. The number of aliphatic hydroxyl groups excluding tert-OH is 1. The topological polar surface area (TPSA) is 60.8 Å². The molecule has 0 spiro atoms. The molecule has 2 N–H and O–H groups in total. The van der Waals surface area contributed by atoms with Gasteiger partial charge in [0.05, 0.1) is 12.2 Å². The van der Waals surface area contributed by atoms with E-state index in [0.717, 1.165) is 25.7 Å². The van der Waals surface area contributed by atoms with Crippen molar-refractivity contribution in [2.45, 2.75) is 32.6 Å². The molecule has 1 heterocycles. The van der Waals surface area contributed by atoms with Gasteiger partial charge in [0.1, 0.15) is 5.75 Å². The molecular formula is C16H22ClNO3. The van der Waals surface area contributed by atoms with Gasteiger partial charge in [-0.25, -0.2) is 0 Å². The highest BCUT2D eigenvalue weighted by Crippen LogP contribution is 2.35. The second-order valence-corrected chi connectivity index (χ2v) is 6.34. The van der Waals surface area contributed by atoms with Crippen molar-refractivity contribution < 1.29 is 15.0 Å². The lowest BCUT2D eigenvalue weighted by Gasteiger charge is -2.42. The summed E-state index contributed by atoms with van der Waals surface area (Å²) < 4.78 is 0. The minimum Gasteiger partial charge on any atom is -0.507 e. The number of carbonyl (C=O) groups is 1. The van der Waals surface area contributed by atoms with Crippen LogP contribution in [0.25, 0.3) is 0 Å². The van der Waals surface area contributed by atoms with Gasteiger partial charge in [-0.15, -0.1) is 0 Å². The van der Waals surface area contributed by atoms with Gasteiger partial charge in [0, 0.05) is 23.5 Å². The maximum Gasteiger partial charge on any atom is 0.257 e. The smallest absolute Gasteiger partial charge is 0.257 e. The number of nitrogens with zero attached hydrogens (tertiary/aromatic N) is 1. The van der Waals surface area contributed by atoms with E-state index in [9.17, 15) is 15.0 Å². The summed E-state index contributed by atoms with van der Waals surface area (Å²) in [5, 5.41) is 20.0. The lowest BCUT2D eigenvalue weighted by molar-refractivity contribution is 0.0221. The van der Waals surface area contributed by atoms with E-state index in [2.05, 4.69) is 6.92 Å². The maximum absolute atomic E-state index is 12.6. The first-order valence-electron chi connectivity index (χ1n) is 7.40. The molecule has 1 aromatic carbocycles. The molecule has 1 fully saturated rings. The summed E-state index contributed by atoms with van der Waals surface area (Å²) in [6.07, 6.45) is 3.70. The fourth-order valence-electron chi connectivity index (χ4n) is 3.18. The van der Waals surface area contributed by atoms with Gasteiger partial charge in [-0.05, 0) is 37.5 Å². The number of aromatic hydroxyl groups is 1. The van der Waals surface area contributed by atoms with Gasteiger partial charge in [0.2, 0.25) is 0 Å². The molecule has 1 atom stereocenters. The van der Waals surface area contributed by atoms with Crippen LogP contribution >= 0.6 is 11.6 Å². The van der Waals surface area contributed by atoms with E-state index in [-0.39, 0.29) is 29.2 Å². The molecule has 2 rings (SSSR count). The third-order valence-electron chi connectivity index (χ3n) is 4.25. The number of likely N-dealkylation sites (tertiary alicyclic amines) is 1. The Bertz CT molecular complexity index is 516. The summed E-state index contributed by atoms with van der Waals surface area (Å²) >= 11 is 5.80. The van der Waals surface area contributed by atoms with Crippen molar-refractivity contribution in [3.8, 4) is 5.75 Å². The average molecular weight is 312 g/mol. The van der Waals surface area contributed by atoms with Crippen molar-refractivity contribution in [1.82, 2.24) is 4.90 Å². The van der Waals surface area contributed by atoms with E-state index >= 15 is 0 Å². The van der Waals surface area contributed by atoms with Crippen LogP contribution in [-0.2, 0) is 0 Å². The van der Waals surface area contributed by atoms with Crippen molar-refractivity contribution >= 4 is 17.5 Å². The number of hydrogen-bond donors (Lipinski definition) is 2. The van der Waals surface area contributed by atoms with Crippen LogP contribution in [0.5, 0.6) is 5.75 Å². The lowest BCUT2D eigenvalue weighted by atomic mass is 9.77. The Morgan fingerprint density at radius 2 is 2.24 bits per heavy atom. The molecule has 1 aliphatic heterocycles. The third-order valence-corrected chi connectivity index (χ3v) is 4.49. The van der Waals surface area contributed by atoms with Crippen LogP contribution < -0.4 is 0 Å². The van der Waals surface area contributed by atoms with E-state index in [0.29, 0.717) is 18.1 Å². The number of benzene rings is 1. The average Bonchev–Trinajstić information content (AvgIpc) is 2.47. The summed E-state index contributed by atoms with van der Waals surface area (Å²) in [7, 11) is 0. The van der Waals surface area contributed by atoms with Crippen LogP contribution in [0.2, 0.25) is 5.02 Å². The predicted octanol–water partition coefficient (Wildman–Crippen LogP) is 3.06. The minimum atomic E-state index is -0.204. The second-order valence-electron chi connectivity index (χ2n) is 5.90. The first-order valence-corrected chi connectivity index (χ1v) is 7.78. The predicted molar refractivity (Wildman–Crippen MR) is 82.7 cm³/mol. The lowest BCUT2D eigenvalue weighted by Crippen LogP contribution is -2.47. The number of phenols is 1. The number of amides is 1. The van der Waals surface area contributed by atoms with E-state index in [1.165, 1.54) is 6.07 Å². The van der Waals surface area contributed by atoms with Crippen LogP contribution in [0.4, 0.5) is 0 Å². The fourth-order valence-corrected chi connectivity index (χ4v) is 3.35. The Hall–Kier alpha value is -1.26. The van der Waals surface area contributed by atoms with Crippen molar-refractivity contribution in [2.24, 2.45) is 5.41 Å². The molecule has 0 bridgehead atoms. The number of piperidine rings is 1. The molecule has 1 aliphatic rings. The van der Waals surface area contributed by atoms with Crippen molar-refractivity contribution in [1.29, 1.82) is 0 Å². The molecule has 0 unspecified atom stereocenters. The largest absolute Gasteiger partial charge is 0.507 e. The number of hydrogen-bond acceptors (Lipinski definition) is 3. The summed E-state index contributed by atoms with van der Waals surface area (Å²) in [4.78, 5) is 14.3. The number of phenolic OH excluding ortho intramolecular Hbond substituents is 1. The van der Waals surface area contributed by atoms with Gasteiger partial charge in [0.25, 0.3) is 5.91 Å². The van der Waals surface area contributed by atoms with Crippen LogP contribution in [0.3, 0.4) is 0 Å². The normalized spacial score (nSPS) is 22.3. The number of rotatable bonds is 4. The SMILES string of the molecule is CCC[C@@]1(CO)CCCN(C(=O)c2ccc(Cl)cc2O)C1. The Morgan fingerprint density at radius 3 is 2.86 bits per heavy atom. The minimum absolute atomic E-state index is 0.0943. The fraction of sp³-hybridized carbons (Fsp3) is 0.562. The molecule has 1 aromatic rings. The van der Waals surface area contributed by atoms with E-state index in [4.69, 9.17) is 11.6 Å². The Labute approximate surface area is 130 Å². The van der Waals surface area contributed by atoms with Gasteiger partial charge in [-0.3, -0.25) is 4.79 Å². The number of halogens is 1. The quantitative estimate of drug-likeness (QED) is 0.898. The molecule has 1 saturated heterocycles. The summed E-state index contributed by atoms with van der Waals surface area (Å²) in [5.41, 5.74) is 0.0645. The highest BCUT2D eigenvalue weighted by molar-refractivity contribution is 6.30. The third kappa shape index (κ3) is 3.50. The highest BCUT2D eigenvalue weighted by Gasteiger charge is 2.36. The van der Waals surface area contributed by atoms with Gasteiger partial charge in [-0.2, -0.15) is 0 Å². The Morgan fingerprint density at radius 1 is 1.48 bits per heavy atom. The number of aliphatic hydroxyl groups is 1. The van der Waals surface area contributed by atoms with E-state index < -0.39 is 0 Å². The molecule has 116 valence electrons. The molecule has 1 amide bonds. The van der Waals surface area contributed by atoms with Crippen LogP contribution in [0.1, 0.15) is 43.0 Å². The molecule has 4 nitrogen and oxygen atoms in total. The first kappa shape index (κ1) is 16.1. The molecule has 0 radical (unpaired) electrons. The molecule has 0 aliphatic carbocycles. The first-order chi connectivity index (χ1) is 10.0. The van der Waals surface area contributed by atoms with Crippen LogP contribution in [0.15, 0.2) is 18.2 Å². The highest BCUT2D eigenvalue weighted by atomic mass is 35.5. The van der Waals surface area contributed by atoms with Gasteiger partial charge < -0.3 is 15.1 Å². The van der Waals surface area contributed by atoms with Crippen molar-refractivity contribution in [2.75, 3.05) is 19.7 Å². The zero-order valence-electron chi connectivity index (χ0n) is 12.3. The summed E-state index contributed by atoms with van der Waals surface area (Å²) in [6.45, 7) is 3.38. The standard InChI is InChI=1S/C16H22ClNO3/c1-2-6-16(11-19)7-3-8-18(10-16)15(21)13-5-4-12(17)9-14(13)20/h4-5,9,19-20H,2-3,6-8,10-11H2,1H3/t16-/m1/s1. The molecular weight excluding hydrogens is 290 g/mol. The molecule has 0 saturated carbocycles. The Kier molecular flexibility index (Phi) is 5.12. The van der Waals surface area contributed by atoms with Gasteiger partial charge >= 0.3 is 0 Å².